The lowest BCUT2D eigenvalue weighted by Crippen LogP contribution is -2.15. The molecule has 0 bridgehead atoms. The summed E-state index contributed by atoms with van der Waals surface area (Å²) >= 11 is 5.77. The van der Waals surface area contributed by atoms with Crippen LogP contribution in [0.4, 0.5) is 5.69 Å². The normalized spacial score (nSPS) is 10.0. The van der Waals surface area contributed by atoms with Gasteiger partial charge in [0.05, 0.1) is 10.6 Å². The van der Waals surface area contributed by atoms with Gasteiger partial charge in [-0.1, -0.05) is 24.6 Å². The fraction of sp³-hybridized carbons (Fsp3) is 0.222. The number of aryl methyl sites for hydroxylation is 1. The molecule has 1 amide bonds. The third-order valence-electron chi connectivity index (χ3n) is 1.91. The molecular formula is C9H11ClN2O. The van der Waals surface area contributed by atoms with Crippen LogP contribution in [0.5, 0.6) is 0 Å². The van der Waals surface area contributed by atoms with Crippen molar-refractivity contribution in [1.82, 2.24) is 0 Å². The Bertz CT molecular complexity index is 350. The molecule has 13 heavy (non-hydrogen) atoms. The topological polar surface area (TPSA) is 69.1 Å². The van der Waals surface area contributed by atoms with Gasteiger partial charge in [-0.05, 0) is 18.1 Å². The van der Waals surface area contributed by atoms with Crippen LogP contribution in [0.25, 0.3) is 0 Å². The lowest BCUT2D eigenvalue weighted by atomic mass is 10.1. The number of halogens is 1. The molecule has 0 heterocycles. The van der Waals surface area contributed by atoms with Crippen molar-refractivity contribution in [1.29, 1.82) is 0 Å². The number of nitrogen functional groups attached to an aromatic ring is 1. The molecule has 0 aliphatic rings. The SMILES string of the molecule is CCc1ccc(Cl)c(C(N)=O)c1N. The molecule has 1 aromatic rings. The number of primary amides is 1. The number of carbonyl (C=O) groups is 1. The highest BCUT2D eigenvalue weighted by Crippen LogP contribution is 2.25. The molecule has 4 heteroatoms. The second kappa shape index (κ2) is 3.66. The van der Waals surface area contributed by atoms with Crippen molar-refractivity contribution in [2.75, 3.05) is 5.73 Å². The molecule has 0 aliphatic heterocycles. The third kappa shape index (κ3) is 1.75. The quantitative estimate of drug-likeness (QED) is 0.709. The van der Waals surface area contributed by atoms with E-state index in [1.165, 1.54) is 0 Å². The second-order valence-electron chi connectivity index (χ2n) is 2.71. The van der Waals surface area contributed by atoms with Gasteiger partial charge in [-0.3, -0.25) is 4.79 Å². The smallest absolute Gasteiger partial charge is 0.252 e. The maximum absolute atomic E-state index is 11.0. The minimum absolute atomic E-state index is 0.223. The Morgan fingerprint density at radius 1 is 1.54 bits per heavy atom. The number of nitrogens with two attached hydrogens (primary N) is 2. The fourth-order valence-electron chi connectivity index (χ4n) is 1.19. The van der Waals surface area contributed by atoms with E-state index in [1.54, 1.807) is 12.1 Å². The highest BCUT2D eigenvalue weighted by Gasteiger charge is 2.12. The first-order valence-electron chi connectivity index (χ1n) is 3.94. The van der Waals surface area contributed by atoms with Crippen molar-refractivity contribution < 1.29 is 4.79 Å². The number of hydrogen-bond donors (Lipinski definition) is 2. The number of rotatable bonds is 2. The molecular weight excluding hydrogens is 188 g/mol. The summed E-state index contributed by atoms with van der Waals surface area (Å²) in [5.74, 6) is -0.585. The van der Waals surface area contributed by atoms with E-state index in [2.05, 4.69) is 0 Å². The standard InChI is InChI=1S/C9H11ClN2O/c1-2-5-3-4-6(10)7(8(5)11)9(12)13/h3-4H,2,11H2,1H3,(H2,12,13). The van der Waals surface area contributed by atoms with Crippen LogP contribution in [-0.4, -0.2) is 5.91 Å². The molecule has 1 rings (SSSR count). The van der Waals surface area contributed by atoms with E-state index in [-0.39, 0.29) is 5.56 Å². The lowest BCUT2D eigenvalue weighted by Gasteiger charge is -2.08. The summed E-state index contributed by atoms with van der Waals surface area (Å²) in [6, 6.07) is 3.43. The van der Waals surface area contributed by atoms with Crippen LogP contribution in [0.1, 0.15) is 22.8 Å². The average Bonchev–Trinajstić information content (AvgIpc) is 2.04. The summed E-state index contributed by atoms with van der Waals surface area (Å²) in [5.41, 5.74) is 12.3. The van der Waals surface area contributed by atoms with Gasteiger partial charge in [0.15, 0.2) is 0 Å². The van der Waals surface area contributed by atoms with Gasteiger partial charge in [0.1, 0.15) is 0 Å². The van der Waals surface area contributed by atoms with E-state index in [9.17, 15) is 4.79 Å². The highest BCUT2D eigenvalue weighted by molar-refractivity contribution is 6.34. The average molecular weight is 199 g/mol. The van der Waals surface area contributed by atoms with E-state index in [0.717, 1.165) is 12.0 Å². The summed E-state index contributed by atoms with van der Waals surface area (Å²) in [5, 5.41) is 0.308. The van der Waals surface area contributed by atoms with Crippen LogP contribution in [0.3, 0.4) is 0 Å². The van der Waals surface area contributed by atoms with Crippen molar-refractivity contribution in [3.63, 3.8) is 0 Å². The van der Waals surface area contributed by atoms with Crippen LogP contribution >= 0.6 is 11.6 Å². The summed E-state index contributed by atoms with van der Waals surface area (Å²) < 4.78 is 0. The molecule has 70 valence electrons. The van der Waals surface area contributed by atoms with Crippen molar-refractivity contribution in [2.24, 2.45) is 5.73 Å². The molecule has 0 radical (unpaired) electrons. The van der Waals surface area contributed by atoms with Gasteiger partial charge in [-0.25, -0.2) is 0 Å². The number of anilines is 1. The lowest BCUT2D eigenvalue weighted by molar-refractivity contribution is 0.100. The zero-order chi connectivity index (χ0) is 10.0. The molecule has 0 atom stereocenters. The van der Waals surface area contributed by atoms with Gasteiger partial charge >= 0.3 is 0 Å². The minimum atomic E-state index is -0.585. The zero-order valence-electron chi connectivity index (χ0n) is 7.30. The summed E-state index contributed by atoms with van der Waals surface area (Å²) in [7, 11) is 0. The van der Waals surface area contributed by atoms with Gasteiger partial charge in [-0.15, -0.1) is 0 Å². The van der Waals surface area contributed by atoms with E-state index < -0.39 is 5.91 Å². The van der Waals surface area contributed by atoms with Gasteiger partial charge < -0.3 is 11.5 Å². The zero-order valence-corrected chi connectivity index (χ0v) is 8.06. The van der Waals surface area contributed by atoms with Crippen LogP contribution in [0.15, 0.2) is 12.1 Å². The molecule has 0 aromatic heterocycles. The number of hydrogen-bond acceptors (Lipinski definition) is 2. The number of carbonyl (C=O) groups excluding carboxylic acids is 1. The predicted molar refractivity (Wildman–Crippen MR) is 53.8 cm³/mol. The molecule has 4 N–H and O–H groups in total. The Morgan fingerprint density at radius 2 is 2.15 bits per heavy atom. The first-order valence-corrected chi connectivity index (χ1v) is 4.32. The minimum Gasteiger partial charge on any atom is -0.398 e. The predicted octanol–water partition coefficient (Wildman–Crippen LogP) is 1.58. The Kier molecular flexibility index (Phi) is 2.78. The molecule has 0 unspecified atom stereocenters. The molecule has 3 nitrogen and oxygen atoms in total. The molecule has 0 saturated heterocycles. The maximum atomic E-state index is 11.0. The Labute approximate surface area is 81.7 Å². The van der Waals surface area contributed by atoms with Crippen molar-refractivity contribution >= 4 is 23.2 Å². The largest absolute Gasteiger partial charge is 0.398 e. The Morgan fingerprint density at radius 3 is 2.62 bits per heavy atom. The fourth-order valence-corrected chi connectivity index (χ4v) is 1.45. The summed E-state index contributed by atoms with van der Waals surface area (Å²) in [6.07, 6.45) is 0.753. The third-order valence-corrected chi connectivity index (χ3v) is 2.23. The highest BCUT2D eigenvalue weighted by atomic mass is 35.5. The molecule has 0 fully saturated rings. The monoisotopic (exact) mass is 198 g/mol. The van der Waals surface area contributed by atoms with Crippen molar-refractivity contribution in [2.45, 2.75) is 13.3 Å². The van der Waals surface area contributed by atoms with Gasteiger partial charge in [0.2, 0.25) is 0 Å². The maximum Gasteiger partial charge on any atom is 0.252 e. The van der Waals surface area contributed by atoms with E-state index >= 15 is 0 Å². The second-order valence-corrected chi connectivity index (χ2v) is 3.12. The summed E-state index contributed by atoms with van der Waals surface area (Å²) in [4.78, 5) is 11.0. The summed E-state index contributed by atoms with van der Waals surface area (Å²) in [6.45, 7) is 1.95. The number of benzene rings is 1. The van der Waals surface area contributed by atoms with Crippen LogP contribution in [0.2, 0.25) is 5.02 Å². The van der Waals surface area contributed by atoms with E-state index in [0.29, 0.717) is 10.7 Å². The van der Waals surface area contributed by atoms with Gasteiger partial charge in [-0.2, -0.15) is 0 Å². The number of amides is 1. The Hall–Kier alpha value is -1.22. The molecule has 0 aliphatic carbocycles. The first kappa shape index (κ1) is 9.86. The van der Waals surface area contributed by atoms with Gasteiger partial charge in [0.25, 0.3) is 5.91 Å². The molecule has 0 saturated carbocycles. The van der Waals surface area contributed by atoms with Crippen LogP contribution in [0, 0.1) is 0 Å². The van der Waals surface area contributed by atoms with Crippen LogP contribution in [-0.2, 0) is 6.42 Å². The van der Waals surface area contributed by atoms with E-state index in [4.69, 9.17) is 23.1 Å². The van der Waals surface area contributed by atoms with Crippen molar-refractivity contribution in [3.8, 4) is 0 Å². The molecule has 1 aromatic carbocycles. The van der Waals surface area contributed by atoms with E-state index in [1.807, 2.05) is 6.92 Å². The Balaban J connectivity index is 3.38. The molecule has 0 spiro atoms. The van der Waals surface area contributed by atoms with Crippen LogP contribution < -0.4 is 11.5 Å². The van der Waals surface area contributed by atoms with Crippen molar-refractivity contribution in [3.05, 3.63) is 28.3 Å². The van der Waals surface area contributed by atoms with Gasteiger partial charge in [0, 0.05) is 5.69 Å². The first-order chi connectivity index (χ1) is 6.07.